The summed E-state index contributed by atoms with van der Waals surface area (Å²) in [6, 6.07) is 47.3. The number of aryl methyl sites for hydroxylation is 1. The number of fused-ring (bicyclic) bond motifs is 6. The van der Waals surface area contributed by atoms with Crippen molar-refractivity contribution < 1.29 is 0 Å². The average molecular weight is 562 g/mol. The monoisotopic (exact) mass is 561 g/mol. The smallest absolute Gasteiger partial charge is 0.0711 e. The first-order valence-corrected chi connectivity index (χ1v) is 15.5. The third-order valence-corrected chi connectivity index (χ3v) is 9.97. The molecular formula is C43H31N. The summed E-state index contributed by atoms with van der Waals surface area (Å²) in [6.45, 7) is 6.92. The van der Waals surface area contributed by atoms with Crippen molar-refractivity contribution in [3.05, 3.63) is 150 Å². The minimum absolute atomic E-state index is 0.197. The van der Waals surface area contributed by atoms with E-state index >= 15 is 0 Å². The zero-order chi connectivity index (χ0) is 29.6. The Morgan fingerprint density at radius 2 is 1.05 bits per heavy atom. The molecule has 0 radical (unpaired) electrons. The van der Waals surface area contributed by atoms with Gasteiger partial charge in [-0.05, 0) is 102 Å². The van der Waals surface area contributed by atoms with Gasteiger partial charge in [0, 0.05) is 17.0 Å². The van der Waals surface area contributed by atoms with E-state index in [2.05, 4.69) is 148 Å². The maximum absolute atomic E-state index is 4.77. The topological polar surface area (TPSA) is 12.9 Å². The molecular weight excluding hydrogens is 530 g/mol. The quantitative estimate of drug-likeness (QED) is 0.191. The van der Waals surface area contributed by atoms with Crippen LogP contribution in [0.3, 0.4) is 0 Å². The minimum Gasteiger partial charge on any atom is -0.256 e. The van der Waals surface area contributed by atoms with Crippen molar-refractivity contribution in [1.82, 2.24) is 4.98 Å². The van der Waals surface area contributed by atoms with E-state index < -0.39 is 0 Å². The third kappa shape index (κ3) is 3.38. The summed E-state index contributed by atoms with van der Waals surface area (Å²) in [5.41, 5.74) is 12.6. The van der Waals surface area contributed by atoms with Crippen LogP contribution in [0.1, 0.15) is 30.5 Å². The van der Waals surface area contributed by atoms with Gasteiger partial charge in [0.05, 0.1) is 5.52 Å². The predicted molar refractivity (Wildman–Crippen MR) is 187 cm³/mol. The third-order valence-electron chi connectivity index (χ3n) is 9.97. The fourth-order valence-corrected chi connectivity index (χ4v) is 7.90. The highest BCUT2D eigenvalue weighted by Gasteiger charge is 2.35. The molecule has 0 fully saturated rings. The zero-order valence-electron chi connectivity index (χ0n) is 25.1. The molecule has 7 aromatic carbocycles. The van der Waals surface area contributed by atoms with Crippen LogP contribution in [0.2, 0.25) is 0 Å². The fraction of sp³-hybridized carbons (Fsp3) is 0.0930. The van der Waals surface area contributed by atoms with Gasteiger partial charge in [-0.1, -0.05) is 129 Å². The van der Waals surface area contributed by atoms with Crippen LogP contribution in [0, 0.1) is 6.92 Å². The van der Waals surface area contributed by atoms with Crippen molar-refractivity contribution in [1.29, 1.82) is 0 Å². The van der Waals surface area contributed by atoms with Gasteiger partial charge in [-0.2, -0.15) is 0 Å². The van der Waals surface area contributed by atoms with Gasteiger partial charge < -0.3 is 0 Å². The predicted octanol–water partition coefficient (Wildman–Crippen LogP) is 11.6. The lowest BCUT2D eigenvalue weighted by atomic mass is 9.67. The van der Waals surface area contributed by atoms with Crippen molar-refractivity contribution in [3.63, 3.8) is 0 Å². The zero-order valence-corrected chi connectivity index (χ0v) is 25.1. The van der Waals surface area contributed by atoms with E-state index in [4.69, 9.17) is 4.98 Å². The Kier molecular flexibility index (Phi) is 5.23. The molecule has 0 N–H and O–H groups in total. The van der Waals surface area contributed by atoms with E-state index in [0.717, 1.165) is 5.52 Å². The highest BCUT2D eigenvalue weighted by Crippen LogP contribution is 2.54. The van der Waals surface area contributed by atoms with E-state index in [0.29, 0.717) is 0 Å². The van der Waals surface area contributed by atoms with Crippen LogP contribution in [0.15, 0.2) is 134 Å². The Labute approximate surface area is 257 Å². The highest BCUT2D eigenvalue weighted by molar-refractivity contribution is 6.25. The SMILES string of the molecule is Cc1ccc(-c2c3ccccc3c(-c3cc4c(c5ccccc35)-c3ccnc5cccc(c35)C4(C)C)c3ccccc23)cc1. The standard InChI is InChI=1S/C43H31N/c1-26-19-21-27(22-20-26)39-30-13-6-8-15-32(30)40(33-16-9-7-14-31(33)39)35-25-37-41(29-12-5-4-11-28(29)35)34-23-24-44-38-18-10-17-36(42(34)38)43(37,2)3/h4-25H,1-3H3. The summed E-state index contributed by atoms with van der Waals surface area (Å²) < 4.78 is 0. The molecule has 1 heteroatoms. The maximum atomic E-state index is 4.77. The molecule has 44 heavy (non-hydrogen) atoms. The number of rotatable bonds is 2. The minimum atomic E-state index is -0.197. The van der Waals surface area contributed by atoms with E-state index in [9.17, 15) is 0 Å². The molecule has 0 saturated heterocycles. The lowest BCUT2D eigenvalue weighted by Gasteiger charge is -2.36. The second kappa shape index (κ2) is 9.11. The molecule has 9 rings (SSSR count). The lowest BCUT2D eigenvalue weighted by molar-refractivity contribution is 0.646. The van der Waals surface area contributed by atoms with Gasteiger partial charge in [0.1, 0.15) is 0 Å². The molecule has 0 bridgehead atoms. The van der Waals surface area contributed by atoms with E-state index in [1.54, 1.807) is 0 Å². The number of pyridine rings is 1. The van der Waals surface area contributed by atoms with Crippen LogP contribution >= 0.6 is 0 Å². The first kappa shape index (κ1) is 25.2. The molecule has 0 aliphatic heterocycles. The summed E-state index contributed by atoms with van der Waals surface area (Å²) in [6.07, 6.45) is 1.97. The molecule has 1 aliphatic carbocycles. The summed E-state index contributed by atoms with van der Waals surface area (Å²) in [4.78, 5) is 4.77. The van der Waals surface area contributed by atoms with E-state index in [1.807, 2.05) is 6.20 Å². The Bertz CT molecular complexity index is 2400. The van der Waals surface area contributed by atoms with Crippen molar-refractivity contribution in [2.24, 2.45) is 0 Å². The van der Waals surface area contributed by atoms with Crippen molar-refractivity contribution in [3.8, 4) is 33.4 Å². The second-order valence-electron chi connectivity index (χ2n) is 12.8. The van der Waals surface area contributed by atoms with Crippen LogP contribution in [-0.2, 0) is 5.41 Å². The van der Waals surface area contributed by atoms with Gasteiger partial charge in [-0.15, -0.1) is 0 Å². The molecule has 0 spiro atoms. The van der Waals surface area contributed by atoms with E-state index in [1.165, 1.54) is 87.8 Å². The van der Waals surface area contributed by atoms with Gasteiger partial charge in [0.25, 0.3) is 0 Å². The summed E-state index contributed by atoms with van der Waals surface area (Å²) in [5.74, 6) is 0. The van der Waals surface area contributed by atoms with Crippen LogP contribution in [0.5, 0.6) is 0 Å². The average Bonchev–Trinajstić information content (AvgIpc) is 3.06. The van der Waals surface area contributed by atoms with Crippen LogP contribution < -0.4 is 0 Å². The molecule has 1 aromatic heterocycles. The first-order chi connectivity index (χ1) is 21.5. The van der Waals surface area contributed by atoms with Gasteiger partial charge in [0.15, 0.2) is 0 Å². The Balaban J connectivity index is 1.47. The molecule has 0 saturated carbocycles. The number of nitrogens with zero attached hydrogens (tertiary/aromatic N) is 1. The highest BCUT2D eigenvalue weighted by atomic mass is 14.7. The number of hydrogen-bond acceptors (Lipinski definition) is 1. The Hall–Kier alpha value is -5.27. The van der Waals surface area contributed by atoms with Gasteiger partial charge in [-0.3, -0.25) is 4.98 Å². The summed E-state index contributed by atoms with van der Waals surface area (Å²) >= 11 is 0. The van der Waals surface area contributed by atoms with E-state index in [-0.39, 0.29) is 5.41 Å². The molecule has 1 aliphatic rings. The van der Waals surface area contributed by atoms with Gasteiger partial charge in [-0.25, -0.2) is 0 Å². The van der Waals surface area contributed by atoms with Crippen molar-refractivity contribution in [2.75, 3.05) is 0 Å². The molecule has 208 valence electrons. The molecule has 0 atom stereocenters. The van der Waals surface area contributed by atoms with Gasteiger partial charge in [0.2, 0.25) is 0 Å². The van der Waals surface area contributed by atoms with Crippen molar-refractivity contribution >= 4 is 43.2 Å². The fourth-order valence-electron chi connectivity index (χ4n) is 7.90. The van der Waals surface area contributed by atoms with Crippen molar-refractivity contribution in [2.45, 2.75) is 26.2 Å². The molecule has 8 aromatic rings. The molecule has 0 unspecified atom stereocenters. The second-order valence-corrected chi connectivity index (χ2v) is 12.8. The van der Waals surface area contributed by atoms with Gasteiger partial charge >= 0.3 is 0 Å². The van der Waals surface area contributed by atoms with Crippen LogP contribution in [0.4, 0.5) is 0 Å². The Morgan fingerprint density at radius 1 is 0.477 bits per heavy atom. The molecule has 0 amide bonds. The first-order valence-electron chi connectivity index (χ1n) is 15.5. The number of hydrogen-bond donors (Lipinski definition) is 0. The Morgan fingerprint density at radius 3 is 1.68 bits per heavy atom. The molecule has 1 nitrogen and oxygen atoms in total. The summed E-state index contributed by atoms with van der Waals surface area (Å²) in [5, 5.41) is 9.00. The largest absolute Gasteiger partial charge is 0.256 e. The number of benzene rings is 7. The summed E-state index contributed by atoms with van der Waals surface area (Å²) in [7, 11) is 0. The molecule has 1 heterocycles. The lowest BCUT2D eigenvalue weighted by Crippen LogP contribution is -2.24. The van der Waals surface area contributed by atoms with Crippen LogP contribution in [0.25, 0.3) is 76.6 Å². The normalized spacial score (nSPS) is 13.5. The number of aromatic nitrogens is 1. The van der Waals surface area contributed by atoms with Crippen LogP contribution in [-0.4, -0.2) is 4.98 Å². The maximum Gasteiger partial charge on any atom is 0.0711 e.